The van der Waals surface area contributed by atoms with Gasteiger partial charge < -0.3 is 9.15 Å². The van der Waals surface area contributed by atoms with E-state index in [-0.39, 0.29) is 40.2 Å². The standard InChI is InChI=1S/C25H19FN2O8S/c1-3-35-25(30)23-15(2)36-22-12-9-18(14-21(22)23)27(37(33,34)20-10-7-17(26)8-11-20)24(29)16-5-4-6-19(13-16)28(31)32/h4-14H,3H2,1-2H3. The van der Waals surface area contributed by atoms with E-state index in [0.29, 0.717) is 4.31 Å². The van der Waals surface area contributed by atoms with E-state index in [9.17, 15) is 32.5 Å². The van der Waals surface area contributed by atoms with Crippen molar-refractivity contribution in [3.05, 3.63) is 99.5 Å². The molecular weight excluding hydrogens is 507 g/mol. The van der Waals surface area contributed by atoms with Crippen molar-refractivity contribution >= 4 is 44.2 Å². The first-order valence-corrected chi connectivity index (χ1v) is 12.3. The zero-order valence-corrected chi connectivity index (χ0v) is 20.3. The lowest BCUT2D eigenvalue weighted by atomic mass is 10.1. The summed E-state index contributed by atoms with van der Waals surface area (Å²) in [4.78, 5) is 36.3. The van der Waals surface area contributed by atoms with Gasteiger partial charge >= 0.3 is 5.97 Å². The molecule has 1 aromatic heterocycles. The van der Waals surface area contributed by atoms with Gasteiger partial charge in [0, 0.05) is 23.1 Å². The van der Waals surface area contributed by atoms with Crippen molar-refractivity contribution in [1.29, 1.82) is 0 Å². The van der Waals surface area contributed by atoms with Gasteiger partial charge in [0.25, 0.3) is 21.6 Å². The molecule has 3 aromatic carbocycles. The fraction of sp³-hybridized carbons (Fsp3) is 0.120. The van der Waals surface area contributed by atoms with Crippen LogP contribution in [0.25, 0.3) is 11.0 Å². The van der Waals surface area contributed by atoms with E-state index in [4.69, 9.17) is 9.15 Å². The molecule has 10 nitrogen and oxygen atoms in total. The van der Waals surface area contributed by atoms with Gasteiger partial charge in [-0.1, -0.05) is 6.07 Å². The number of ether oxygens (including phenoxy) is 1. The Labute approximate surface area is 210 Å². The minimum Gasteiger partial charge on any atom is -0.462 e. The number of halogens is 1. The molecule has 0 aliphatic heterocycles. The van der Waals surface area contributed by atoms with Crippen molar-refractivity contribution in [2.75, 3.05) is 10.9 Å². The van der Waals surface area contributed by atoms with Crippen LogP contribution in [0.2, 0.25) is 0 Å². The summed E-state index contributed by atoms with van der Waals surface area (Å²) >= 11 is 0. The number of non-ortho nitro benzene ring substituents is 1. The molecule has 0 N–H and O–H groups in total. The average molecular weight is 526 g/mol. The molecule has 0 fully saturated rings. The van der Waals surface area contributed by atoms with Gasteiger partial charge in [-0.25, -0.2) is 17.6 Å². The van der Waals surface area contributed by atoms with E-state index < -0.39 is 43.2 Å². The highest BCUT2D eigenvalue weighted by Gasteiger charge is 2.33. The first-order chi connectivity index (χ1) is 17.5. The Morgan fingerprint density at radius 2 is 1.78 bits per heavy atom. The summed E-state index contributed by atoms with van der Waals surface area (Å²) in [7, 11) is -4.66. The molecule has 0 aliphatic rings. The van der Waals surface area contributed by atoms with E-state index in [1.165, 1.54) is 37.3 Å². The van der Waals surface area contributed by atoms with Crippen LogP contribution in [0.4, 0.5) is 15.8 Å². The number of esters is 1. The minimum atomic E-state index is -4.66. The number of carbonyl (C=O) groups excluding carboxylic acids is 2. The molecule has 4 aromatic rings. The molecule has 1 heterocycles. The number of hydrogen-bond acceptors (Lipinski definition) is 8. The molecule has 1 amide bonds. The van der Waals surface area contributed by atoms with Gasteiger partial charge in [0.1, 0.15) is 22.7 Å². The van der Waals surface area contributed by atoms with E-state index in [1.54, 1.807) is 6.92 Å². The molecule has 190 valence electrons. The smallest absolute Gasteiger partial charge is 0.342 e. The highest BCUT2D eigenvalue weighted by molar-refractivity contribution is 7.93. The van der Waals surface area contributed by atoms with Crippen molar-refractivity contribution in [2.45, 2.75) is 18.7 Å². The van der Waals surface area contributed by atoms with E-state index >= 15 is 0 Å². The summed E-state index contributed by atoms with van der Waals surface area (Å²) in [6, 6.07) is 12.3. The monoisotopic (exact) mass is 526 g/mol. The molecule has 0 radical (unpaired) electrons. The topological polar surface area (TPSA) is 137 Å². The van der Waals surface area contributed by atoms with Crippen molar-refractivity contribution in [3.8, 4) is 0 Å². The number of aryl methyl sites for hydroxylation is 1. The van der Waals surface area contributed by atoms with Crippen molar-refractivity contribution in [3.63, 3.8) is 0 Å². The number of anilines is 1. The van der Waals surface area contributed by atoms with Crippen LogP contribution >= 0.6 is 0 Å². The molecule has 0 saturated heterocycles. The normalized spacial score (nSPS) is 11.3. The predicted octanol–water partition coefficient (Wildman–Crippen LogP) is 5.00. The molecule has 0 unspecified atom stereocenters. The number of hydrogen-bond donors (Lipinski definition) is 0. The summed E-state index contributed by atoms with van der Waals surface area (Å²) in [5.41, 5.74) is -0.587. The lowest BCUT2D eigenvalue weighted by Crippen LogP contribution is -2.37. The van der Waals surface area contributed by atoms with Crippen LogP contribution in [0.15, 0.2) is 76.0 Å². The number of carbonyl (C=O) groups is 2. The highest BCUT2D eigenvalue weighted by atomic mass is 32.2. The molecule has 37 heavy (non-hydrogen) atoms. The van der Waals surface area contributed by atoms with Crippen LogP contribution in [0.3, 0.4) is 0 Å². The number of furan rings is 1. The number of amides is 1. The number of nitro groups is 1. The first-order valence-electron chi connectivity index (χ1n) is 10.8. The van der Waals surface area contributed by atoms with Crippen LogP contribution in [-0.2, 0) is 14.8 Å². The maximum Gasteiger partial charge on any atom is 0.342 e. The zero-order chi connectivity index (χ0) is 26.9. The third-order valence-electron chi connectivity index (χ3n) is 5.40. The number of nitro benzene ring substituents is 1. The Morgan fingerprint density at radius 3 is 2.43 bits per heavy atom. The summed E-state index contributed by atoms with van der Waals surface area (Å²) < 4.78 is 52.0. The fourth-order valence-electron chi connectivity index (χ4n) is 3.74. The number of benzene rings is 3. The van der Waals surface area contributed by atoms with E-state index in [1.807, 2.05) is 0 Å². The highest BCUT2D eigenvalue weighted by Crippen LogP contribution is 2.33. The third-order valence-corrected chi connectivity index (χ3v) is 7.13. The van der Waals surface area contributed by atoms with Gasteiger partial charge in [0.15, 0.2) is 0 Å². The van der Waals surface area contributed by atoms with Crippen LogP contribution in [0.1, 0.15) is 33.4 Å². The molecule has 0 saturated carbocycles. The fourth-order valence-corrected chi connectivity index (χ4v) is 5.14. The van der Waals surface area contributed by atoms with Crippen molar-refractivity contribution in [1.82, 2.24) is 0 Å². The quantitative estimate of drug-likeness (QED) is 0.186. The first kappa shape index (κ1) is 25.5. The van der Waals surface area contributed by atoms with Gasteiger partial charge in [-0.15, -0.1) is 0 Å². The maximum absolute atomic E-state index is 13.7. The van der Waals surface area contributed by atoms with Crippen molar-refractivity contribution < 1.29 is 36.5 Å². The predicted molar refractivity (Wildman–Crippen MR) is 130 cm³/mol. The molecule has 0 aliphatic carbocycles. The minimum absolute atomic E-state index is 0.0561. The third kappa shape index (κ3) is 4.78. The van der Waals surface area contributed by atoms with Crippen LogP contribution in [0.5, 0.6) is 0 Å². The lowest BCUT2D eigenvalue weighted by Gasteiger charge is -2.23. The summed E-state index contributed by atoms with van der Waals surface area (Å²) in [5.74, 6) is -2.27. The maximum atomic E-state index is 13.7. The Hall–Kier alpha value is -4.58. The Balaban J connectivity index is 1.95. The van der Waals surface area contributed by atoms with Gasteiger partial charge in [-0.05, 0) is 62.4 Å². The summed E-state index contributed by atoms with van der Waals surface area (Å²) in [6.45, 7) is 3.24. The van der Waals surface area contributed by atoms with E-state index in [2.05, 4.69) is 0 Å². The largest absolute Gasteiger partial charge is 0.462 e. The Morgan fingerprint density at radius 1 is 1.08 bits per heavy atom. The molecule has 4 rings (SSSR count). The lowest BCUT2D eigenvalue weighted by molar-refractivity contribution is -0.384. The van der Waals surface area contributed by atoms with Crippen molar-refractivity contribution in [2.24, 2.45) is 0 Å². The van der Waals surface area contributed by atoms with Gasteiger partial charge in [0.2, 0.25) is 0 Å². The molecule has 12 heteroatoms. The average Bonchev–Trinajstić information content (AvgIpc) is 3.19. The molecular formula is C25H19FN2O8S. The Bertz CT molecular complexity index is 1650. The van der Waals surface area contributed by atoms with Crippen LogP contribution in [-0.4, -0.2) is 31.8 Å². The number of sulfonamides is 1. The second kappa shape index (κ2) is 9.82. The summed E-state index contributed by atoms with van der Waals surface area (Å²) in [6.07, 6.45) is 0. The second-order valence-corrected chi connectivity index (χ2v) is 9.56. The molecule has 0 atom stereocenters. The van der Waals surface area contributed by atoms with Gasteiger partial charge in [0.05, 0.1) is 22.1 Å². The number of rotatable bonds is 7. The molecule has 0 spiro atoms. The van der Waals surface area contributed by atoms with Crippen LogP contribution < -0.4 is 4.31 Å². The van der Waals surface area contributed by atoms with Gasteiger partial charge in [-0.2, -0.15) is 4.31 Å². The zero-order valence-electron chi connectivity index (χ0n) is 19.5. The Kier molecular flexibility index (Phi) is 6.77. The van der Waals surface area contributed by atoms with Gasteiger partial charge in [-0.3, -0.25) is 14.9 Å². The van der Waals surface area contributed by atoms with E-state index in [0.717, 1.165) is 36.4 Å². The number of nitrogens with zero attached hydrogens (tertiary/aromatic N) is 2. The second-order valence-electron chi connectivity index (χ2n) is 7.77. The number of fused-ring (bicyclic) bond motifs is 1. The summed E-state index contributed by atoms with van der Waals surface area (Å²) in [5, 5.41) is 11.4. The molecule has 0 bridgehead atoms. The SMILES string of the molecule is CCOC(=O)c1c(C)oc2ccc(N(C(=O)c3cccc([N+](=O)[O-])c3)S(=O)(=O)c3ccc(F)cc3)cc12. The van der Waals surface area contributed by atoms with Crippen LogP contribution in [0, 0.1) is 22.9 Å².